The van der Waals surface area contributed by atoms with Crippen LogP contribution in [0.25, 0.3) is 11.4 Å². The summed E-state index contributed by atoms with van der Waals surface area (Å²) < 4.78 is 32.0. The second-order valence-corrected chi connectivity index (χ2v) is 12.2. The summed E-state index contributed by atoms with van der Waals surface area (Å²) in [6, 6.07) is 20.0. The Morgan fingerprint density at radius 2 is 1.68 bits per heavy atom. The highest BCUT2D eigenvalue weighted by molar-refractivity contribution is 7.85. The number of nitrogens with one attached hydrogen (secondary N) is 1. The second kappa shape index (κ2) is 10.4. The molecule has 2 N–H and O–H groups in total. The van der Waals surface area contributed by atoms with E-state index in [-0.39, 0.29) is 15.9 Å². The summed E-state index contributed by atoms with van der Waals surface area (Å²) in [5, 5.41) is 12.0. The van der Waals surface area contributed by atoms with Crippen molar-refractivity contribution in [2.45, 2.75) is 25.7 Å². The zero-order valence-electron chi connectivity index (χ0n) is 23.2. The minimum Gasteiger partial charge on any atom is -0.378 e. The van der Waals surface area contributed by atoms with Crippen LogP contribution in [-0.2, 0) is 10.1 Å². The molecule has 0 saturated carbocycles. The van der Waals surface area contributed by atoms with E-state index < -0.39 is 16.0 Å². The van der Waals surface area contributed by atoms with E-state index in [9.17, 15) is 17.8 Å². The van der Waals surface area contributed by atoms with Crippen LogP contribution in [0.2, 0.25) is 0 Å². The van der Waals surface area contributed by atoms with Crippen LogP contribution in [-0.4, -0.2) is 59.3 Å². The normalized spacial score (nSPS) is 14.1. The van der Waals surface area contributed by atoms with Crippen LogP contribution < -0.4 is 10.2 Å². The lowest BCUT2D eigenvalue weighted by molar-refractivity contribution is 0.102. The van der Waals surface area contributed by atoms with E-state index in [0.717, 1.165) is 23.2 Å². The Kier molecular flexibility index (Phi) is 7.05. The van der Waals surface area contributed by atoms with E-state index in [1.165, 1.54) is 23.0 Å². The molecule has 41 heavy (non-hydrogen) atoms. The maximum absolute atomic E-state index is 12.6. The van der Waals surface area contributed by atoms with E-state index in [0.29, 0.717) is 28.6 Å². The molecule has 0 bridgehead atoms. The highest BCUT2D eigenvalue weighted by atomic mass is 32.2. The summed E-state index contributed by atoms with van der Waals surface area (Å²) in [5.41, 5.74) is 4.29. The zero-order chi connectivity index (χ0) is 29.5. The van der Waals surface area contributed by atoms with Crippen molar-refractivity contribution in [3.05, 3.63) is 84.2 Å². The fraction of sp³-hybridized carbons (Fsp3) is 0.207. The third-order valence-electron chi connectivity index (χ3n) is 6.33. The average molecular weight is 572 g/mol. The molecule has 11 nitrogen and oxygen atoms in total. The number of amides is 1. The van der Waals surface area contributed by atoms with Crippen molar-refractivity contribution >= 4 is 44.5 Å². The number of aromatic nitrogens is 3. The van der Waals surface area contributed by atoms with Crippen molar-refractivity contribution in [2.24, 2.45) is 15.5 Å². The number of aliphatic imine (C=N–C) groups is 1. The number of hydrogen-bond acceptors (Lipinski definition) is 8. The molecule has 0 spiro atoms. The molecule has 5 rings (SSSR count). The Bertz CT molecular complexity index is 1800. The predicted octanol–water partition coefficient (Wildman–Crippen LogP) is 4.89. The van der Waals surface area contributed by atoms with Gasteiger partial charge in [-0.3, -0.25) is 9.35 Å². The average Bonchev–Trinajstić information content (AvgIpc) is 3.48. The molecule has 2 heterocycles. The van der Waals surface area contributed by atoms with Gasteiger partial charge in [0.25, 0.3) is 16.0 Å². The lowest BCUT2D eigenvalue weighted by Gasteiger charge is -2.18. The van der Waals surface area contributed by atoms with Crippen LogP contribution in [0.4, 0.5) is 17.1 Å². The molecule has 0 atom stereocenters. The van der Waals surface area contributed by atoms with Crippen LogP contribution >= 0.6 is 0 Å². The summed E-state index contributed by atoms with van der Waals surface area (Å²) >= 11 is 0. The topological polar surface area (TPSA) is 142 Å². The van der Waals surface area contributed by atoms with E-state index >= 15 is 0 Å². The molecule has 1 amide bonds. The third kappa shape index (κ3) is 5.93. The van der Waals surface area contributed by atoms with Gasteiger partial charge in [-0.1, -0.05) is 26.8 Å². The lowest BCUT2D eigenvalue weighted by atomic mass is 9.87. The summed E-state index contributed by atoms with van der Waals surface area (Å²) in [4.78, 5) is 25.5. The molecule has 0 radical (unpaired) electrons. The van der Waals surface area contributed by atoms with Gasteiger partial charge in [0.2, 0.25) is 5.82 Å². The summed E-state index contributed by atoms with van der Waals surface area (Å²) in [5.74, 6) is 0.467. The molecular weight excluding hydrogens is 542 g/mol. The van der Waals surface area contributed by atoms with Crippen molar-refractivity contribution in [2.75, 3.05) is 24.3 Å². The largest absolute Gasteiger partial charge is 0.378 e. The van der Waals surface area contributed by atoms with E-state index in [2.05, 4.69) is 31.2 Å². The quantitative estimate of drug-likeness (QED) is 0.314. The van der Waals surface area contributed by atoms with Crippen molar-refractivity contribution in [3.8, 4) is 11.4 Å². The second-order valence-electron chi connectivity index (χ2n) is 10.8. The van der Waals surface area contributed by atoms with E-state index in [1.54, 1.807) is 24.3 Å². The number of fused-ring (bicyclic) bond motifs is 1. The minimum atomic E-state index is -4.42. The number of hydrogen-bond donors (Lipinski definition) is 2. The SMILES string of the molecule is CN(C)c1ccc(N=C2C(C(C)(C)C)=Nn3nc(-c4ccc(NC(=O)c5cccc(S(=O)(=O)O)c5)cc4)nc32)cc1. The fourth-order valence-electron chi connectivity index (χ4n) is 4.16. The first-order valence-corrected chi connectivity index (χ1v) is 14.2. The van der Waals surface area contributed by atoms with E-state index in [1.807, 2.05) is 43.3 Å². The Balaban J connectivity index is 1.40. The summed E-state index contributed by atoms with van der Waals surface area (Å²) in [6.45, 7) is 6.20. The number of benzene rings is 3. The molecule has 12 heteroatoms. The van der Waals surface area contributed by atoms with Crippen LogP contribution in [0, 0.1) is 5.41 Å². The van der Waals surface area contributed by atoms with Crippen molar-refractivity contribution in [3.63, 3.8) is 0 Å². The number of anilines is 2. The standard InChI is InChI=1S/C29H29N7O4S/c1-29(2,3)25-24(30-20-13-15-22(16-14-20)35(4)5)27-32-26(34-36(27)33-25)18-9-11-21(12-10-18)31-28(37)19-7-6-8-23(17-19)41(38,39)40/h6-17H,1-5H3,(H,31,37)(H,38,39,40). The van der Waals surface area contributed by atoms with Crippen molar-refractivity contribution in [1.82, 2.24) is 14.9 Å². The first-order chi connectivity index (χ1) is 19.3. The van der Waals surface area contributed by atoms with E-state index in [4.69, 9.17) is 15.1 Å². The molecule has 0 saturated heterocycles. The molecule has 1 aromatic heterocycles. The Hall–Kier alpha value is -4.68. The Morgan fingerprint density at radius 3 is 2.29 bits per heavy atom. The smallest absolute Gasteiger partial charge is 0.294 e. The maximum atomic E-state index is 12.6. The van der Waals surface area contributed by atoms with Gasteiger partial charge >= 0.3 is 0 Å². The maximum Gasteiger partial charge on any atom is 0.294 e. The molecule has 4 aromatic rings. The number of carbonyl (C=O) groups excluding carboxylic acids is 1. The van der Waals surface area contributed by atoms with Gasteiger partial charge in [-0.25, -0.2) is 9.98 Å². The van der Waals surface area contributed by atoms with Crippen LogP contribution in [0.5, 0.6) is 0 Å². The third-order valence-corrected chi connectivity index (χ3v) is 7.18. The molecule has 1 aliphatic rings. The van der Waals surface area contributed by atoms with Gasteiger partial charge in [0, 0.05) is 42.0 Å². The van der Waals surface area contributed by atoms with Gasteiger partial charge in [0.05, 0.1) is 16.3 Å². The number of nitrogens with zero attached hydrogens (tertiary/aromatic N) is 6. The summed E-state index contributed by atoms with van der Waals surface area (Å²) in [7, 11) is -0.452. The highest BCUT2D eigenvalue weighted by Gasteiger charge is 2.34. The first-order valence-electron chi connectivity index (χ1n) is 12.7. The van der Waals surface area contributed by atoms with Crippen LogP contribution in [0.3, 0.4) is 0 Å². The highest BCUT2D eigenvalue weighted by Crippen LogP contribution is 2.29. The molecular formula is C29H29N7O4S. The van der Waals surface area contributed by atoms with Crippen LogP contribution in [0.15, 0.2) is 87.8 Å². The Labute approximate surface area is 238 Å². The fourth-order valence-corrected chi connectivity index (χ4v) is 4.68. The molecule has 0 aliphatic carbocycles. The minimum absolute atomic E-state index is 0.0899. The van der Waals surface area contributed by atoms with Gasteiger partial charge in [-0.05, 0) is 66.7 Å². The molecule has 210 valence electrons. The van der Waals surface area contributed by atoms with Gasteiger partial charge in [0.1, 0.15) is 5.71 Å². The lowest BCUT2D eigenvalue weighted by Crippen LogP contribution is -2.27. The molecule has 3 aromatic carbocycles. The predicted molar refractivity (Wildman–Crippen MR) is 159 cm³/mol. The monoisotopic (exact) mass is 571 g/mol. The molecule has 0 fully saturated rings. The van der Waals surface area contributed by atoms with Crippen molar-refractivity contribution in [1.29, 1.82) is 0 Å². The molecule has 0 unspecified atom stereocenters. The Morgan fingerprint density at radius 1 is 1.00 bits per heavy atom. The number of rotatable bonds is 6. The van der Waals surface area contributed by atoms with Gasteiger partial charge in [-0.15, -0.1) is 9.89 Å². The van der Waals surface area contributed by atoms with Gasteiger partial charge in [-0.2, -0.15) is 13.5 Å². The number of carbonyl (C=O) groups is 1. The van der Waals surface area contributed by atoms with Crippen molar-refractivity contribution < 1.29 is 17.8 Å². The van der Waals surface area contributed by atoms with Crippen LogP contribution in [0.1, 0.15) is 37.0 Å². The zero-order valence-corrected chi connectivity index (χ0v) is 24.0. The molecule has 1 aliphatic heterocycles. The van der Waals surface area contributed by atoms with Gasteiger partial charge < -0.3 is 10.2 Å². The van der Waals surface area contributed by atoms with Gasteiger partial charge in [0.15, 0.2) is 5.82 Å². The summed E-state index contributed by atoms with van der Waals surface area (Å²) in [6.07, 6.45) is 0. The first kappa shape index (κ1) is 27.9.